The molecule has 2 aromatic rings. The van der Waals surface area contributed by atoms with Crippen LogP contribution in [0.15, 0.2) is 42.5 Å². The van der Waals surface area contributed by atoms with Crippen LogP contribution in [0.2, 0.25) is 0 Å². The summed E-state index contributed by atoms with van der Waals surface area (Å²) in [6.45, 7) is 3.59. The van der Waals surface area contributed by atoms with Crippen LogP contribution in [0.25, 0.3) is 0 Å². The lowest BCUT2D eigenvalue weighted by Gasteiger charge is -2.32. The molecule has 27 heavy (non-hydrogen) atoms. The quantitative estimate of drug-likeness (QED) is 0.783. The number of rotatable bonds is 6. The zero-order chi connectivity index (χ0) is 19.2. The van der Waals surface area contributed by atoms with Crippen molar-refractivity contribution in [3.05, 3.63) is 53.6 Å². The molecule has 0 bridgehead atoms. The van der Waals surface area contributed by atoms with Gasteiger partial charge in [0, 0.05) is 43.4 Å². The molecule has 0 saturated carbocycles. The fourth-order valence-electron chi connectivity index (χ4n) is 3.07. The number of hydrogen-bond acceptors (Lipinski definition) is 5. The molecule has 6 heteroatoms. The van der Waals surface area contributed by atoms with Gasteiger partial charge in [0.15, 0.2) is 0 Å². The molecule has 0 atom stereocenters. The van der Waals surface area contributed by atoms with E-state index in [-0.39, 0.29) is 5.91 Å². The minimum atomic E-state index is 0.0494. The van der Waals surface area contributed by atoms with E-state index in [0.29, 0.717) is 23.7 Å². The van der Waals surface area contributed by atoms with Gasteiger partial charge < -0.3 is 24.0 Å². The van der Waals surface area contributed by atoms with Gasteiger partial charge in [0.25, 0.3) is 5.91 Å². The number of methoxy groups -OCH3 is 2. The Bertz CT molecular complexity index is 786. The molecular weight excluding hydrogens is 344 g/mol. The third kappa shape index (κ3) is 4.71. The van der Waals surface area contributed by atoms with Gasteiger partial charge in [-0.1, -0.05) is 6.07 Å². The van der Waals surface area contributed by atoms with Crippen molar-refractivity contribution in [1.82, 2.24) is 9.80 Å². The number of amides is 1. The topological polar surface area (TPSA) is 51.2 Å². The standard InChI is InChI=1S/C21H26N2O4/c1-22-9-11-23(12-10-22)21(24)16-7-8-20(26-3)17(13-16)15-27-19-6-4-5-18(14-19)25-2/h4-8,13-14H,9-12,15H2,1-3H3. The molecule has 0 unspecified atom stereocenters. The predicted octanol–water partition coefficient (Wildman–Crippen LogP) is 2.67. The van der Waals surface area contributed by atoms with Gasteiger partial charge in [-0.2, -0.15) is 0 Å². The van der Waals surface area contributed by atoms with Gasteiger partial charge in [0.05, 0.1) is 14.2 Å². The molecule has 2 aromatic carbocycles. The zero-order valence-corrected chi connectivity index (χ0v) is 16.1. The van der Waals surface area contributed by atoms with Gasteiger partial charge in [-0.3, -0.25) is 4.79 Å². The van der Waals surface area contributed by atoms with E-state index in [0.717, 1.165) is 37.5 Å². The molecule has 1 aliphatic heterocycles. The van der Waals surface area contributed by atoms with E-state index < -0.39 is 0 Å². The number of piperazine rings is 1. The lowest BCUT2D eigenvalue weighted by atomic mass is 10.1. The number of carbonyl (C=O) groups excluding carboxylic acids is 1. The third-order valence-electron chi connectivity index (χ3n) is 4.75. The Morgan fingerprint density at radius 3 is 2.41 bits per heavy atom. The molecule has 1 amide bonds. The van der Waals surface area contributed by atoms with Gasteiger partial charge >= 0.3 is 0 Å². The molecule has 144 valence electrons. The summed E-state index contributed by atoms with van der Waals surface area (Å²) in [5, 5.41) is 0. The smallest absolute Gasteiger partial charge is 0.253 e. The molecule has 6 nitrogen and oxygen atoms in total. The van der Waals surface area contributed by atoms with E-state index >= 15 is 0 Å². The lowest BCUT2D eigenvalue weighted by Crippen LogP contribution is -2.47. The highest BCUT2D eigenvalue weighted by Gasteiger charge is 2.21. The van der Waals surface area contributed by atoms with Crippen LogP contribution in [-0.2, 0) is 6.61 Å². The Labute approximate surface area is 160 Å². The zero-order valence-electron chi connectivity index (χ0n) is 16.1. The summed E-state index contributed by atoms with van der Waals surface area (Å²) in [4.78, 5) is 16.9. The molecular formula is C21H26N2O4. The van der Waals surface area contributed by atoms with Gasteiger partial charge in [-0.15, -0.1) is 0 Å². The van der Waals surface area contributed by atoms with Gasteiger partial charge in [0.2, 0.25) is 0 Å². The van der Waals surface area contributed by atoms with Crippen molar-refractivity contribution in [3.63, 3.8) is 0 Å². The van der Waals surface area contributed by atoms with Crippen LogP contribution >= 0.6 is 0 Å². The van der Waals surface area contributed by atoms with Crippen LogP contribution in [0.3, 0.4) is 0 Å². The maximum Gasteiger partial charge on any atom is 0.253 e. The first-order valence-electron chi connectivity index (χ1n) is 9.02. The number of nitrogens with zero attached hydrogens (tertiary/aromatic N) is 2. The molecule has 0 aromatic heterocycles. The molecule has 0 aliphatic carbocycles. The second-order valence-corrected chi connectivity index (χ2v) is 6.59. The van der Waals surface area contributed by atoms with Crippen molar-refractivity contribution >= 4 is 5.91 Å². The summed E-state index contributed by atoms with van der Waals surface area (Å²) in [5.74, 6) is 2.19. The monoisotopic (exact) mass is 370 g/mol. The fourth-order valence-corrected chi connectivity index (χ4v) is 3.07. The van der Waals surface area contributed by atoms with Crippen molar-refractivity contribution < 1.29 is 19.0 Å². The minimum absolute atomic E-state index is 0.0494. The summed E-state index contributed by atoms with van der Waals surface area (Å²) in [6, 6.07) is 12.9. The van der Waals surface area contributed by atoms with Crippen molar-refractivity contribution in [2.24, 2.45) is 0 Å². The van der Waals surface area contributed by atoms with E-state index in [1.165, 1.54) is 0 Å². The van der Waals surface area contributed by atoms with E-state index in [1.54, 1.807) is 14.2 Å². The molecule has 1 aliphatic rings. The third-order valence-corrected chi connectivity index (χ3v) is 4.75. The van der Waals surface area contributed by atoms with Crippen LogP contribution < -0.4 is 14.2 Å². The van der Waals surface area contributed by atoms with Crippen LogP contribution in [0.1, 0.15) is 15.9 Å². The Kier molecular flexibility index (Phi) is 6.19. The Morgan fingerprint density at radius 1 is 0.963 bits per heavy atom. The molecule has 0 N–H and O–H groups in total. The highest BCUT2D eigenvalue weighted by Crippen LogP contribution is 2.25. The Balaban J connectivity index is 1.74. The first-order valence-corrected chi connectivity index (χ1v) is 9.02. The molecule has 0 radical (unpaired) electrons. The first-order chi connectivity index (χ1) is 13.1. The van der Waals surface area contributed by atoms with E-state index in [9.17, 15) is 4.79 Å². The largest absolute Gasteiger partial charge is 0.497 e. The number of ether oxygens (including phenoxy) is 3. The van der Waals surface area contributed by atoms with Crippen LogP contribution in [-0.4, -0.2) is 63.2 Å². The van der Waals surface area contributed by atoms with Gasteiger partial charge in [0.1, 0.15) is 23.9 Å². The summed E-state index contributed by atoms with van der Waals surface area (Å²) in [6.07, 6.45) is 0. The molecule has 1 saturated heterocycles. The number of hydrogen-bond donors (Lipinski definition) is 0. The molecule has 1 fully saturated rings. The number of carbonyl (C=O) groups is 1. The number of likely N-dealkylation sites (N-methyl/N-ethyl adjacent to an activating group) is 1. The van der Waals surface area contributed by atoms with E-state index in [4.69, 9.17) is 14.2 Å². The number of benzene rings is 2. The first kappa shape index (κ1) is 19.0. The average Bonchev–Trinajstić information content (AvgIpc) is 2.72. The van der Waals surface area contributed by atoms with Gasteiger partial charge in [-0.05, 0) is 37.4 Å². The van der Waals surface area contributed by atoms with Gasteiger partial charge in [-0.25, -0.2) is 0 Å². The summed E-state index contributed by atoms with van der Waals surface area (Å²) in [7, 11) is 5.31. The molecule has 0 spiro atoms. The summed E-state index contributed by atoms with van der Waals surface area (Å²) >= 11 is 0. The fraction of sp³-hybridized carbons (Fsp3) is 0.381. The SMILES string of the molecule is COc1cccc(OCc2cc(C(=O)N3CCN(C)CC3)ccc2OC)c1. The van der Waals surface area contributed by atoms with Crippen LogP contribution in [0, 0.1) is 0 Å². The van der Waals surface area contributed by atoms with Crippen LogP contribution in [0.4, 0.5) is 0 Å². The van der Waals surface area contributed by atoms with Crippen molar-refractivity contribution in [2.75, 3.05) is 47.4 Å². The van der Waals surface area contributed by atoms with Crippen molar-refractivity contribution in [1.29, 1.82) is 0 Å². The van der Waals surface area contributed by atoms with Crippen molar-refractivity contribution in [2.45, 2.75) is 6.61 Å². The maximum absolute atomic E-state index is 12.8. The Morgan fingerprint density at radius 2 is 1.70 bits per heavy atom. The average molecular weight is 370 g/mol. The highest BCUT2D eigenvalue weighted by atomic mass is 16.5. The van der Waals surface area contributed by atoms with Crippen molar-refractivity contribution in [3.8, 4) is 17.2 Å². The summed E-state index contributed by atoms with van der Waals surface area (Å²) in [5.41, 5.74) is 1.49. The van der Waals surface area contributed by atoms with Crippen LogP contribution in [0.5, 0.6) is 17.2 Å². The lowest BCUT2D eigenvalue weighted by molar-refractivity contribution is 0.0664. The second-order valence-electron chi connectivity index (χ2n) is 6.59. The molecule has 3 rings (SSSR count). The normalized spacial score (nSPS) is 14.7. The Hall–Kier alpha value is -2.73. The van der Waals surface area contributed by atoms with E-state index in [2.05, 4.69) is 11.9 Å². The minimum Gasteiger partial charge on any atom is -0.497 e. The highest BCUT2D eigenvalue weighted by molar-refractivity contribution is 5.94. The maximum atomic E-state index is 12.8. The summed E-state index contributed by atoms with van der Waals surface area (Å²) < 4.78 is 16.5. The molecule has 1 heterocycles. The predicted molar refractivity (Wildman–Crippen MR) is 104 cm³/mol. The second kappa shape index (κ2) is 8.77. The van der Waals surface area contributed by atoms with E-state index in [1.807, 2.05) is 47.4 Å².